The molecule has 1 aromatic rings. The molecule has 0 saturated carbocycles. The van der Waals surface area contributed by atoms with Crippen LogP contribution in [0.15, 0.2) is 54.0 Å². The second-order valence-electron chi connectivity index (χ2n) is 5.64. The molecule has 0 bridgehead atoms. The Morgan fingerprint density at radius 1 is 1.42 bits per heavy atom. The SMILES string of the molecule is C=CCN1C(=O)/C(=C\C2CC=C(c3cccc(C(F)(F)F)c3)O2)SC1=S. The topological polar surface area (TPSA) is 29.5 Å². The van der Waals surface area contributed by atoms with E-state index in [1.54, 1.807) is 24.3 Å². The Morgan fingerprint density at radius 3 is 2.88 bits per heavy atom. The molecule has 0 aliphatic carbocycles. The van der Waals surface area contributed by atoms with Crippen LogP contribution in [0.1, 0.15) is 17.5 Å². The predicted octanol–water partition coefficient (Wildman–Crippen LogP) is 4.77. The van der Waals surface area contributed by atoms with Crippen molar-refractivity contribution >= 4 is 40.0 Å². The molecule has 2 heterocycles. The van der Waals surface area contributed by atoms with Crippen molar-refractivity contribution in [3.05, 3.63) is 65.1 Å². The first kappa shape index (κ1) is 18.7. The molecule has 1 aromatic carbocycles. The van der Waals surface area contributed by atoms with Crippen LogP contribution in [0.3, 0.4) is 0 Å². The number of thiocarbonyl (C=S) groups is 1. The van der Waals surface area contributed by atoms with Crippen molar-refractivity contribution in [2.45, 2.75) is 18.7 Å². The second kappa shape index (κ2) is 7.28. The summed E-state index contributed by atoms with van der Waals surface area (Å²) in [7, 11) is 0. The average Bonchev–Trinajstić information content (AvgIpc) is 3.15. The zero-order chi connectivity index (χ0) is 18.9. The Hall–Kier alpha value is -2.06. The minimum absolute atomic E-state index is 0.212. The molecule has 3 rings (SSSR count). The third kappa shape index (κ3) is 3.86. The van der Waals surface area contributed by atoms with Gasteiger partial charge in [-0.05, 0) is 24.3 Å². The minimum Gasteiger partial charge on any atom is -0.486 e. The van der Waals surface area contributed by atoms with E-state index in [0.717, 1.165) is 12.1 Å². The van der Waals surface area contributed by atoms with Gasteiger partial charge in [0, 0.05) is 18.5 Å². The van der Waals surface area contributed by atoms with E-state index in [-0.39, 0.29) is 5.91 Å². The maximum Gasteiger partial charge on any atom is 0.416 e. The first-order chi connectivity index (χ1) is 12.3. The monoisotopic (exact) mass is 397 g/mol. The molecular formula is C18H14F3NO2S2. The van der Waals surface area contributed by atoms with Gasteiger partial charge in [0.15, 0.2) is 0 Å². The van der Waals surface area contributed by atoms with Gasteiger partial charge in [0.2, 0.25) is 0 Å². The summed E-state index contributed by atoms with van der Waals surface area (Å²) in [6.07, 6.45) is 0.621. The molecule has 0 aromatic heterocycles. The lowest BCUT2D eigenvalue weighted by atomic mass is 10.1. The van der Waals surface area contributed by atoms with Gasteiger partial charge in [-0.15, -0.1) is 6.58 Å². The molecule has 0 radical (unpaired) electrons. The minimum atomic E-state index is -4.41. The quantitative estimate of drug-likeness (QED) is 0.416. The summed E-state index contributed by atoms with van der Waals surface area (Å²) < 4.78 is 44.7. The molecule has 3 nitrogen and oxygen atoms in total. The van der Waals surface area contributed by atoms with Gasteiger partial charge in [-0.3, -0.25) is 9.69 Å². The van der Waals surface area contributed by atoms with E-state index in [9.17, 15) is 18.0 Å². The molecule has 26 heavy (non-hydrogen) atoms. The van der Waals surface area contributed by atoms with Gasteiger partial charge in [-0.1, -0.05) is 42.2 Å². The summed E-state index contributed by atoms with van der Waals surface area (Å²) in [6, 6.07) is 4.97. The van der Waals surface area contributed by atoms with E-state index in [1.165, 1.54) is 22.7 Å². The Morgan fingerprint density at radius 2 is 2.19 bits per heavy atom. The maximum absolute atomic E-state index is 12.8. The maximum atomic E-state index is 12.8. The summed E-state index contributed by atoms with van der Waals surface area (Å²) >= 11 is 6.35. The van der Waals surface area contributed by atoms with Gasteiger partial charge in [0.25, 0.3) is 5.91 Å². The zero-order valence-corrected chi connectivity index (χ0v) is 15.1. The van der Waals surface area contributed by atoms with Crippen molar-refractivity contribution in [1.29, 1.82) is 0 Å². The number of alkyl halides is 3. The number of amides is 1. The number of nitrogens with zero attached hydrogens (tertiary/aromatic N) is 1. The molecular weight excluding hydrogens is 383 g/mol. The van der Waals surface area contributed by atoms with Gasteiger partial charge in [-0.25, -0.2) is 0 Å². The number of hydrogen-bond acceptors (Lipinski definition) is 4. The number of halogens is 3. The van der Waals surface area contributed by atoms with Gasteiger partial charge in [0.05, 0.1) is 10.5 Å². The predicted molar refractivity (Wildman–Crippen MR) is 99.1 cm³/mol. The molecule has 1 saturated heterocycles. The third-order valence-corrected chi connectivity index (χ3v) is 5.21. The van der Waals surface area contributed by atoms with Crippen LogP contribution in [0.5, 0.6) is 0 Å². The van der Waals surface area contributed by atoms with E-state index in [1.807, 2.05) is 0 Å². The average molecular weight is 397 g/mol. The molecule has 1 unspecified atom stereocenters. The van der Waals surface area contributed by atoms with Crippen LogP contribution < -0.4 is 0 Å². The number of hydrogen-bond donors (Lipinski definition) is 0. The molecule has 2 aliphatic rings. The molecule has 0 N–H and O–H groups in total. The number of carbonyl (C=O) groups excluding carboxylic acids is 1. The van der Waals surface area contributed by atoms with Gasteiger partial charge in [0.1, 0.15) is 16.2 Å². The fourth-order valence-electron chi connectivity index (χ4n) is 2.59. The van der Waals surface area contributed by atoms with E-state index >= 15 is 0 Å². The fraction of sp³-hybridized carbons (Fsp3) is 0.222. The van der Waals surface area contributed by atoms with Crippen molar-refractivity contribution in [3.8, 4) is 0 Å². The van der Waals surface area contributed by atoms with Crippen LogP contribution in [-0.2, 0) is 15.7 Å². The Bertz CT molecular complexity index is 830. The lowest BCUT2D eigenvalue weighted by molar-refractivity contribution is -0.137. The van der Waals surface area contributed by atoms with E-state index in [4.69, 9.17) is 17.0 Å². The van der Waals surface area contributed by atoms with E-state index in [0.29, 0.717) is 33.5 Å². The van der Waals surface area contributed by atoms with Crippen molar-refractivity contribution in [3.63, 3.8) is 0 Å². The molecule has 136 valence electrons. The molecule has 8 heteroatoms. The number of rotatable bonds is 4. The van der Waals surface area contributed by atoms with Crippen LogP contribution >= 0.6 is 24.0 Å². The smallest absolute Gasteiger partial charge is 0.416 e. The summed E-state index contributed by atoms with van der Waals surface area (Å²) in [5.41, 5.74) is -0.372. The third-order valence-electron chi connectivity index (χ3n) is 3.81. The Kier molecular flexibility index (Phi) is 5.24. The molecule has 1 fully saturated rings. The lowest BCUT2D eigenvalue weighted by Crippen LogP contribution is -2.28. The first-order valence-electron chi connectivity index (χ1n) is 7.70. The van der Waals surface area contributed by atoms with Crippen LogP contribution in [-0.4, -0.2) is 27.8 Å². The summed E-state index contributed by atoms with van der Waals surface area (Å²) in [4.78, 5) is 14.2. The standard InChI is InChI=1S/C18H14F3NO2S2/c1-2-8-22-16(23)15(26-17(22)25)10-13-6-7-14(24-13)11-4-3-5-12(9-11)18(19,20)21/h2-5,7,9-10,13H,1,6,8H2/b15-10+. The van der Waals surface area contributed by atoms with Crippen LogP contribution in [0.2, 0.25) is 0 Å². The van der Waals surface area contributed by atoms with E-state index in [2.05, 4.69) is 6.58 Å². The van der Waals surface area contributed by atoms with Gasteiger partial charge < -0.3 is 4.74 Å². The van der Waals surface area contributed by atoms with Crippen molar-refractivity contribution in [1.82, 2.24) is 4.90 Å². The summed E-state index contributed by atoms with van der Waals surface area (Å²) in [6.45, 7) is 3.93. The number of benzene rings is 1. The largest absolute Gasteiger partial charge is 0.486 e. The number of thioether (sulfide) groups is 1. The Labute approximate surface area is 158 Å². The second-order valence-corrected chi connectivity index (χ2v) is 7.32. The van der Waals surface area contributed by atoms with Crippen LogP contribution in [0, 0.1) is 0 Å². The van der Waals surface area contributed by atoms with Crippen molar-refractivity contribution < 1.29 is 22.7 Å². The number of carbonyl (C=O) groups is 1. The van der Waals surface area contributed by atoms with Crippen molar-refractivity contribution in [2.24, 2.45) is 0 Å². The highest BCUT2D eigenvalue weighted by atomic mass is 32.2. The first-order valence-corrected chi connectivity index (χ1v) is 8.93. The Balaban J connectivity index is 1.72. The summed E-state index contributed by atoms with van der Waals surface area (Å²) in [5, 5.41) is 0. The van der Waals surface area contributed by atoms with Crippen LogP contribution in [0.4, 0.5) is 13.2 Å². The summed E-state index contributed by atoms with van der Waals surface area (Å²) in [5.74, 6) is 0.162. The highest BCUT2D eigenvalue weighted by molar-refractivity contribution is 8.26. The highest BCUT2D eigenvalue weighted by Gasteiger charge is 2.33. The normalized spacial score (nSPS) is 22.0. The van der Waals surface area contributed by atoms with Crippen LogP contribution in [0.25, 0.3) is 5.76 Å². The molecule has 1 amide bonds. The molecule has 1 atom stereocenters. The highest BCUT2D eigenvalue weighted by Crippen LogP contribution is 2.36. The van der Waals surface area contributed by atoms with Gasteiger partial charge in [-0.2, -0.15) is 13.2 Å². The van der Waals surface area contributed by atoms with Gasteiger partial charge >= 0.3 is 6.18 Å². The molecule has 2 aliphatic heterocycles. The van der Waals surface area contributed by atoms with E-state index < -0.39 is 17.8 Å². The lowest BCUT2D eigenvalue weighted by Gasteiger charge is -2.13. The fourth-order valence-corrected chi connectivity index (χ4v) is 3.89. The number of ether oxygens (including phenoxy) is 1. The zero-order valence-electron chi connectivity index (χ0n) is 13.5. The molecule has 0 spiro atoms. The van der Waals surface area contributed by atoms with Crippen molar-refractivity contribution in [2.75, 3.05) is 6.54 Å².